The quantitative estimate of drug-likeness (QED) is 0.240. The van der Waals surface area contributed by atoms with Crippen molar-refractivity contribution in [2.45, 2.75) is 6.42 Å². The van der Waals surface area contributed by atoms with E-state index in [0.29, 0.717) is 45.1 Å². The number of imidazole rings is 1. The zero-order valence-electron chi connectivity index (χ0n) is 21.5. The first-order chi connectivity index (χ1) is 20.1. The van der Waals surface area contributed by atoms with Crippen LogP contribution in [0.2, 0.25) is 0 Å². The first-order valence-corrected chi connectivity index (χ1v) is 12.9. The molecule has 41 heavy (non-hydrogen) atoms. The molecule has 7 rings (SSSR count). The van der Waals surface area contributed by atoms with Crippen molar-refractivity contribution in [3.8, 4) is 33.9 Å². The van der Waals surface area contributed by atoms with Gasteiger partial charge in [-0.1, -0.05) is 42.5 Å². The van der Waals surface area contributed by atoms with Crippen LogP contribution in [0.1, 0.15) is 5.56 Å². The van der Waals surface area contributed by atoms with E-state index < -0.39 is 0 Å². The molecule has 7 aromatic rings. The highest BCUT2D eigenvalue weighted by Gasteiger charge is 2.18. The number of carbonyl (C=O) groups excluding carboxylic acids is 1. The van der Waals surface area contributed by atoms with Gasteiger partial charge in [-0.15, -0.1) is 0 Å². The number of nitrogens with zero attached hydrogens (tertiary/aromatic N) is 5. The summed E-state index contributed by atoms with van der Waals surface area (Å²) in [6.07, 6.45) is 6.92. The van der Waals surface area contributed by atoms with E-state index in [9.17, 15) is 9.18 Å². The van der Waals surface area contributed by atoms with Gasteiger partial charge in [0, 0.05) is 35.3 Å². The zero-order chi connectivity index (χ0) is 27.8. The molecule has 0 radical (unpaired) electrons. The normalized spacial score (nSPS) is 11.2. The summed E-state index contributed by atoms with van der Waals surface area (Å²) in [6.45, 7) is 0. The minimum Gasteiger partial charge on any atom is -0.336 e. The van der Waals surface area contributed by atoms with Crippen LogP contribution < -0.4 is 5.32 Å². The van der Waals surface area contributed by atoms with Crippen LogP contribution >= 0.6 is 0 Å². The van der Waals surface area contributed by atoms with E-state index >= 15 is 0 Å². The molecule has 1 amide bonds. The minimum absolute atomic E-state index is 0.130. The second-order valence-corrected chi connectivity index (χ2v) is 9.49. The van der Waals surface area contributed by atoms with Crippen LogP contribution in [-0.4, -0.2) is 41.0 Å². The van der Waals surface area contributed by atoms with Gasteiger partial charge in [0.25, 0.3) is 0 Å². The summed E-state index contributed by atoms with van der Waals surface area (Å²) in [7, 11) is 0. The van der Waals surface area contributed by atoms with Crippen molar-refractivity contribution >= 4 is 33.7 Å². The molecule has 9 nitrogen and oxygen atoms in total. The van der Waals surface area contributed by atoms with Gasteiger partial charge in [-0.05, 0) is 35.9 Å². The lowest BCUT2D eigenvalue weighted by Crippen LogP contribution is -2.14. The van der Waals surface area contributed by atoms with Crippen LogP contribution in [0.4, 0.5) is 10.1 Å². The van der Waals surface area contributed by atoms with Gasteiger partial charge in [0.2, 0.25) is 5.91 Å². The molecule has 10 heteroatoms. The van der Waals surface area contributed by atoms with Gasteiger partial charge < -0.3 is 10.3 Å². The predicted octanol–water partition coefficient (Wildman–Crippen LogP) is 5.95. The van der Waals surface area contributed by atoms with E-state index in [4.69, 9.17) is 4.98 Å². The fourth-order valence-corrected chi connectivity index (χ4v) is 4.79. The standard InChI is InChI=1S/C31H21FN8O/c32-24-9-5-4-8-22(24)27-29-25(10-11-34-27)37-31(38-29)28-23-14-20(16-35-30(23)40-39-28)19-13-21(17-33-15-19)36-26(41)12-18-6-2-1-3-7-18/h1-11,13-17H,12H2,(H,36,41)(H,37,38)(H,35,39,40). The van der Waals surface area contributed by atoms with Crippen LogP contribution in [0.15, 0.2) is 97.6 Å². The maximum atomic E-state index is 14.6. The van der Waals surface area contributed by atoms with E-state index in [1.165, 1.54) is 6.07 Å². The molecule has 0 saturated carbocycles. The molecule has 0 aliphatic rings. The molecule has 3 N–H and O–H groups in total. The van der Waals surface area contributed by atoms with Crippen LogP contribution in [0.3, 0.4) is 0 Å². The number of hydrogen-bond acceptors (Lipinski definition) is 6. The summed E-state index contributed by atoms with van der Waals surface area (Å²) >= 11 is 0. The number of aromatic nitrogens is 7. The topological polar surface area (TPSA) is 125 Å². The number of nitrogens with one attached hydrogen (secondary N) is 3. The molecule has 198 valence electrons. The largest absolute Gasteiger partial charge is 0.336 e. The Labute approximate surface area is 232 Å². The van der Waals surface area contributed by atoms with Crippen LogP contribution in [0.25, 0.3) is 56.0 Å². The predicted molar refractivity (Wildman–Crippen MR) is 154 cm³/mol. The number of H-pyrrole nitrogens is 2. The molecular formula is C31H21FN8O. The lowest BCUT2D eigenvalue weighted by Gasteiger charge is -2.07. The van der Waals surface area contributed by atoms with Gasteiger partial charge in [0.05, 0.1) is 29.2 Å². The Morgan fingerprint density at radius 1 is 0.878 bits per heavy atom. The van der Waals surface area contributed by atoms with Gasteiger partial charge >= 0.3 is 0 Å². The maximum Gasteiger partial charge on any atom is 0.228 e. The Hall–Kier alpha value is -5.77. The lowest BCUT2D eigenvalue weighted by atomic mass is 10.1. The number of hydrogen-bond donors (Lipinski definition) is 3. The van der Waals surface area contributed by atoms with Crippen molar-refractivity contribution in [2.24, 2.45) is 0 Å². The Morgan fingerprint density at radius 2 is 1.71 bits per heavy atom. The van der Waals surface area contributed by atoms with Crippen molar-refractivity contribution < 1.29 is 9.18 Å². The molecule has 0 aliphatic carbocycles. The van der Waals surface area contributed by atoms with Crippen LogP contribution in [0.5, 0.6) is 0 Å². The van der Waals surface area contributed by atoms with Crippen molar-refractivity contribution in [2.75, 3.05) is 5.32 Å². The number of carbonyl (C=O) groups is 1. The second-order valence-electron chi connectivity index (χ2n) is 9.49. The third-order valence-corrected chi connectivity index (χ3v) is 6.73. The van der Waals surface area contributed by atoms with Gasteiger partial charge in [-0.25, -0.2) is 14.4 Å². The molecule has 5 aromatic heterocycles. The number of aromatic amines is 2. The Kier molecular flexibility index (Phi) is 5.97. The van der Waals surface area contributed by atoms with Crippen LogP contribution in [0, 0.1) is 5.82 Å². The molecule has 0 fully saturated rings. The van der Waals surface area contributed by atoms with Gasteiger partial charge in [-0.2, -0.15) is 5.10 Å². The molecule has 0 unspecified atom stereocenters. The molecule has 0 spiro atoms. The Morgan fingerprint density at radius 3 is 2.59 bits per heavy atom. The summed E-state index contributed by atoms with van der Waals surface area (Å²) in [6, 6.07) is 21.6. The highest BCUT2D eigenvalue weighted by molar-refractivity contribution is 5.97. The smallest absolute Gasteiger partial charge is 0.228 e. The fraction of sp³-hybridized carbons (Fsp3) is 0.0323. The minimum atomic E-state index is -0.372. The van der Waals surface area contributed by atoms with E-state index in [2.05, 4.69) is 35.5 Å². The third-order valence-electron chi connectivity index (χ3n) is 6.73. The molecule has 0 bridgehead atoms. The first-order valence-electron chi connectivity index (χ1n) is 12.9. The van der Waals surface area contributed by atoms with E-state index in [0.717, 1.165) is 22.1 Å². The van der Waals surface area contributed by atoms with Crippen molar-refractivity contribution in [3.05, 3.63) is 109 Å². The van der Waals surface area contributed by atoms with Gasteiger partial charge in [0.15, 0.2) is 11.5 Å². The van der Waals surface area contributed by atoms with Gasteiger partial charge in [0.1, 0.15) is 22.7 Å². The van der Waals surface area contributed by atoms with Gasteiger partial charge in [-0.3, -0.25) is 19.9 Å². The molecule has 2 aromatic carbocycles. The first kappa shape index (κ1) is 24.3. The van der Waals surface area contributed by atoms with E-state index in [1.54, 1.807) is 49.1 Å². The van der Waals surface area contributed by atoms with Crippen molar-refractivity contribution in [1.29, 1.82) is 0 Å². The van der Waals surface area contributed by atoms with E-state index in [1.807, 2.05) is 42.5 Å². The zero-order valence-corrected chi connectivity index (χ0v) is 21.5. The maximum absolute atomic E-state index is 14.6. The number of halogens is 1. The number of benzene rings is 2. The molecular weight excluding hydrogens is 519 g/mol. The number of pyridine rings is 3. The average molecular weight is 541 g/mol. The highest BCUT2D eigenvalue weighted by atomic mass is 19.1. The SMILES string of the molecule is O=C(Cc1ccccc1)Nc1cncc(-c2cnc3[nH]nc(-c4nc5c(-c6ccccc6F)nccc5[nH]4)c3c2)c1. The summed E-state index contributed by atoms with van der Waals surface area (Å²) in [5.74, 6) is -0.00553. The number of rotatable bonds is 6. The molecule has 0 atom stereocenters. The second kappa shape index (κ2) is 10.1. The Balaban J connectivity index is 1.22. The summed E-state index contributed by atoms with van der Waals surface area (Å²) in [5, 5.41) is 11.1. The average Bonchev–Trinajstić information content (AvgIpc) is 3.62. The highest BCUT2D eigenvalue weighted by Crippen LogP contribution is 2.32. The number of amides is 1. The van der Waals surface area contributed by atoms with Crippen LogP contribution in [-0.2, 0) is 11.2 Å². The summed E-state index contributed by atoms with van der Waals surface area (Å²) in [5.41, 5.74) is 6.28. The Bertz CT molecular complexity index is 2050. The lowest BCUT2D eigenvalue weighted by molar-refractivity contribution is -0.115. The monoisotopic (exact) mass is 540 g/mol. The van der Waals surface area contributed by atoms with Crippen molar-refractivity contribution in [3.63, 3.8) is 0 Å². The fourth-order valence-electron chi connectivity index (χ4n) is 4.79. The number of fused-ring (bicyclic) bond motifs is 2. The molecule has 0 aliphatic heterocycles. The number of anilines is 1. The van der Waals surface area contributed by atoms with E-state index in [-0.39, 0.29) is 18.1 Å². The summed E-state index contributed by atoms with van der Waals surface area (Å²) < 4.78 is 14.6. The molecule has 5 heterocycles. The summed E-state index contributed by atoms with van der Waals surface area (Å²) in [4.78, 5) is 33.9. The third kappa shape index (κ3) is 4.67. The van der Waals surface area contributed by atoms with Crippen molar-refractivity contribution in [1.82, 2.24) is 35.1 Å². The molecule has 0 saturated heterocycles.